The first-order valence-electron chi connectivity index (χ1n) is 1.72. The Balaban J connectivity index is 0. The van der Waals surface area contributed by atoms with Crippen LogP contribution in [0.2, 0.25) is 0 Å². The Bertz CT molecular complexity index is 83.2. The van der Waals surface area contributed by atoms with Gasteiger partial charge in [-0.2, -0.15) is 10.2 Å². The molecule has 0 radical (unpaired) electrons. The molecule has 4 heteroatoms. The SMILES string of the molecule is N.O.c1ccnnc1. The van der Waals surface area contributed by atoms with Gasteiger partial charge < -0.3 is 11.6 Å². The van der Waals surface area contributed by atoms with Crippen LogP contribution in [0.4, 0.5) is 0 Å². The van der Waals surface area contributed by atoms with Gasteiger partial charge >= 0.3 is 0 Å². The van der Waals surface area contributed by atoms with Gasteiger partial charge in [-0.05, 0) is 12.1 Å². The van der Waals surface area contributed by atoms with E-state index >= 15 is 0 Å². The zero-order valence-corrected chi connectivity index (χ0v) is 4.41. The summed E-state index contributed by atoms with van der Waals surface area (Å²) in [5.74, 6) is 0. The van der Waals surface area contributed by atoms with Gasteiger partial charge in [-0.15, -0.1) is 0 Å². The standard InChI is InChI=1S/C4H4N2.H3N.H2O/c1-2-4-6-5-3-1;;/h1-4H;1H3;1H2. The minimum absolute atomic E-state index is 0. The molecule has 0 spiro atoms. The molecule has 1 rings (SSSR count). The minimum Gasteiger partial charge on any atom is -0.412 e. The number of aromatic nitrogens is 2. The molecule has 0 aliphatic carbocycles. The van der Waals surface area contributed by atoms with Crippen molar-refractivity contribution in [1.82, 2.24) is 16.3 Å². The largest absolute Gasteiger partial charge is 0.412 e. The molecule has 0 aliphatic rings. The van der Waals surface area contributed by atoms with Gasteiger partial charge in [-0.3, -0.25) is 0 Å². The van der Waals surface area contributed by atoms with Crippen molar-refractivity contribution >= 4 is 0 Å². The molecule has 4 nitrogen and oxygen atoms in total. The molecule has 0 bridgehead atoms. The van der Waals surface area contributed by atoms with Crippen LogP contribution in [0, 0.1) is 0 Å². The highest BCUT2D eigenvalue weighted by molar-refractivity contribution is 4.79. The molecule has 0 aromatic carbocycles. The molecule has 0 unspecified atom stereocenters. The molecule has 5 N–H and O–H groups in total. The second kappa shape index (κ2) is 6.00. The smallest absolute Gasteiger partial charge is 0.0496 e. The first-order valence-corrected chi connectivity index (χ1v) is 1.72. The van der Waals surface area contributed by atoms with Crippen LogP contribution >= 0.6 is 0 Å². The van der Waals surface area contributed by atoms with Crippen molar-refractivity contribution in [3.63, 3.8) is 0 Å². The van der Waals surface area contributed by atoms with Crippen LogP contribution < -0.4 is 6.15 Å². The molecule has 0 amide bonds. The molecule has 8 heavy (non-hydrogen) atoms. The highest BCUT2D eigenvalue weighted by Crippen LogP contribution is 1.68. The van der Waals surface area contributed by atoms with E-state index < -0.39 is 0 Å². The first-order chi connectivity index (χ1) is 3.00. The van der Waals surface area contributed by atoms with Gasteiger partial charge in [0.25, 0.3) is 0 Å². The topological polar surface area (TPSA) is 92.3 Å². The van der Waals surface area contributed by atoms with Gasteiger partial charge in [0.05, 0.1) is 0 Å². The molecule has 0 saturated carbocycles. The third-order valence-corrected chi connectivity index (χ3v) is 0.483. The molecular weight excluding hydrogens is 106 g/mol. The minimum atomic E-state index is 0. The van der Waals surface area contributed by atoms with E-state index in [0.717, 1.165) is 0 Å². The first kappa shape index (κ1) is 10.1. The van der Waals surface area contributed by atoms with Crippen LogP contribution in [0.1, 0.15) is 0 Å². The van der Waals surface area contributed by atoms with Gasteiger partial charge in [0.15, 0.2) is 0 Å². The lowest BCUT2D eigenvalue weighted by atomic mass is 10.6. The van der Waals surface area contributed by atoms with Gasteiger partial charge in [0.2, 0.25) is 0 Å². The quantitative estimate of drug-likeness (QED) is 0.508. The van der Waals surface area contributed by atoms with E-state index in [-0.39, 0.29) is 11.6 Å². The summed E-state index contributed by atoms with van der Waals surface area (Å²) in [4.78, 5) is 0. The summed E-state index contributed by atoms with van der Waals surface area (Å²) in [6.45, 7) is 0. The van der Waals surface area contributed by atoms with Crippen LogP contribution in [-0.4, -0.2) is 15.7 Å². The Morgan fingerprint density at radius 2 is 1.25 bits per heavy atom. The molecule has 1 aromatic rings. The van der Waals surface area contributed by atoms with Crippen molar-refractivity contribution in [2.24, 2.45) is 0 Å². The number of hydrogen-bond acceptors (Lipinski definition) is 3. The van der Waals surface area contributed by atoms with Gasteiger partial charge in [0.1, 0.15) is 0 Å². The van der Waals surface area contributed by atoms with Crippen molar-refractivity contribution in [2.45, 2.75) is 0 Å². The monoisotopic (exact) mass is 115 g/mol. The highest BCUT2D eigenvalue weighted by Gasteiger charge is 1.59. The average Bonchev–Trinajstić information content (AvgIpc) is 1.72. The van der Waals surface area contributed by atoms with E-state index in [1.165, 1.54) is 0 Å². The Morgan fingerprint density at radius 3 is 1.38 bits per heavy atom. The van der Waals surface area contributed by atoms with E-state index in [9.17, 15) is 0 Å². The molecular formula is C4H9N3O. The van der Waals surface area contributed by atoms with Crippen LogP contribution in [0.25, 0.3) is 0 Å². The van der Waals surface area contributed by atoms with E-state index in [4.69, 9.17) is 0 Å². The van der Waals surface area contributed by atoms with Gasteiger partial charge in [-0.1, -0.05) is 0 Å². The van der Waals surface area contributed by atoms with E-state index in [1.54, 1.807) is 12.4 Å². The van der Waals surface area contributed by atoms with Crippen LogP contribution in [0.3, 0.4) is 0 Å². The predicted octanol–water partition coefficient (Wildman–Crippen LogP) is -0.186. The van der Waals surface area contributed by atoms with E-state index in [2.05, 4.69) is 10.2 Å². The fourth-order valence-electron chi connectivity index (χ4n) is 0.253. The molecule has 0 fully saturated rings. The number of hydrogen-bond donors (Lipinski definition) is 1. The van der Waals surface area contributed by atoms with Crippen molar-refractivity contribution in [3.8, 4) is 0 Å². The van der Waals surface area contributed by atoms with Gasteiger partial charge in [-0.25, -0.2) is 0 Å². The third-order valence-electron chi connectivity index (χ3n) is 0.483. The third kappa shape index (κ3) is 3.20. The number of nitrogens with zero attached hydrogens (tertiary/aromatic N) is 2. The second-order valence-electron chi connectivity index (χ2n) is 0.914. The Kier molecular flexibility index (Phi) is 7.56. The van der Waals surface area contributed by atoms with Crippen molar-refractivity contribution in [3.05, 3.63) is 24.5 Å². The summed E-state index contributed by atoms with van der Waals surface area (Å²) in [7, 11) is 0. The zero-order chi connectivity index (χ0) is 4.24. The molecule has 1 heterocycles. The van der Waals surface area contributed by atoms with Crippen LogP contribution in [0.5, 0.6) is 0 Å². The van der Waals surface area contributed by atoms with Crippen molar-refractivity contribution in [2.75, 3.05) is 0 Å². The Labute approximate surface area is 47.5 Å². The molecule has 0 atom stereocenters. The number of rotatable bonds is 0. The lowest BCUT2D eigenvalue weighted by molar-refractivity contribution is 0.824. The molecule has 0 aliphatic heterocycles. The maximum Gasteiger partial charge on any atom is 0.0496 e. The van der Waals surface area contributed by atoms with E-state index in [0.29, 0.717) is 0 Å². The lowest BCUT2D eigenvalue weighted by Crippen LogP contribution is -1.69. The Hall–Kier alpha value is -1.00. The van der Waals surface area contributed by atoms with Crippen molar-refractivity contribution in [1.29, 1.82) is 0 Å². The van der Waals surface area contributed by atoms with E-state index in [1.807, 2.05) is 12.1 Å². The summed E-state index contributed by atoms with van der Waals surface area (Å²) >= 11 is 0. The van der Waals surface area contributed by atoms with Gasteiger partial charge in [0, 0.05) is 12.4 Å². The zero-order valence-electron chi connectivity index (χ0n) is 4.41. The summed E-state index contributed by atoms with van der Waals surface area (Å²) < 4.78 is 0. The predicted molar refractivity (Wildman–Crippen MR) is 30.7 cm³/mol. The maximum atomic E-state index is 3.53. The normalized spacial score (nSPS) is 6.00. The second-order valence-corrected chi connectivity index (χ2v) is 0.914. The van der Waals surface area contributed by atoms with Crippen LogP contribution in [0.15, 0.2) is 24.5 Å². The summed E-state index contributed by atoms with van der Waals surface area (Å²) in [6, 6.07) is 3.65. The molecule has 1 aromatic heterocycles. The summed E-state index contributed by atoms with van der Waals surface area (Å²) in [6.07, 6.45) is 3.28. The Morgan fingerprint density at radius 1 is 0.875 bits per heavy atom. The maximum absolute atomic E-state index is 3.53. The highest BCUT2D eigenvalue weighted by atomic mass is 16.0. The lowest BCUT2D eigenvalue weighted by Gasteiger charge is -1.69. The van der Waals surface area contributed by atoms with Crippen LogP contribution in [-0.2, 0) is 0 Å². The van der Waals surface area contributed by atoms with Crippen molar-refractivity contribution < 1.29 is 5.48 Å². The average molecular weight is 115 g/mol. The summed E-state index contributed by atoms with van der Waals surface area (Å²) in [5.41, 5.74) is 0. The molecule has 0 saturated heterocycles. The fourth-order valence-corrected chi connectivity index (χ4v) is 0.253. The fraction of sp³-hybridized carbons (Fsp3) is 0. The molecule has 46 valence electrons. The summed E-state index contributed by atoms with van der Waals surface area (Å²) in [5, 5.41) is 7.07.